The summed E-state index contributed by atoms with van der Waals surface area (Å²) in [5.41, 5.74) is 2.25. The summed E-state index contributed by atoms with van der Waals surface area (Å²) in [4.78, 5) is 53.4. The zero-order valence-electron chi connectivity index (χ0n) is 21.2. The van der Waals surface area contributed by atoms with Crippen LogP contribution in [0, 0.1) is 0 Å². The van der Waals surface area contributed by atoms with Gasteiger partial charge in [0.1, 0.15) is 12.3 Å². The van der Waals surface area contributed by atoms with E-state index in [-0.39, 0.29) is 35.7 Å². The lowest BCUT2D eigenvalue weighted by Crippen LogP contribution is -2.47. The third-order valence-electron chi connectivity index (χ3n) is 7.08. The Morgan fingerprint density at radius 3 is 2.43 bits per heavy atom. The van der Waals surface area contributed by atoms with Crippen molar-refractivity contribution in [3.63, 3.8) is 0 Å². The van der Waals surface area contributed by atoms with Crippen molar-refractivity contribution in [1.82, 2.24) is 19.4 Å². The number of hydrogen-bond donors (Lipinski definition) is 2. The molecule has 2 aromatic heterocycles. The Morgan fingerprint density at radius 2 is 1.84 bits per heavy atom. The number of amides is 2. The largest absolute Gasteiger partial charge is 0.387 e. The molecular formula is C28H32N4O5. The molecule has 0 atom stereocenters. The lowest BCUT2D eigenvalue weighted by atomic mass is 10.0. The molecule has 0 aliphatic carbocycles. The maximum atomic E-state index is 13.7. The van der Waals surface area contributed by atoms with E-state index in [1.807, 2.05) is 19.1 Å². The second-order valence-corrected chi connectivity index (χ2v) is 9.24. The summed E-state index contributed by atoms with van der Waals surface area (Å²) in [6.45, 7) is 6.07. The summed E-state index contributed by atoms with van der Waals surface area (Å²) >= 11 is 0. The highest BCUT2D eigenvalue weighted by Gasteiger charge is 2.28. The number of ketones is 1. The molecular weight excluding hydrogens is 472 g/mol. The number of carbonyl (C=O) groups is 3. The summed E-state index contributed by atoms with van der Waals surface area (Å²) in [7, 11) is 1.74. The molecule has 4 rings (SSSR count). The summed E-state index contributed by atoms with van der Waals surface area (Å²) < 4.78 is 3.19. The van der Waals surface area contributed by atoms with Crippen molar-refractivity contribution < 1.29 is 19.5 Å². The molecule has 0 saturated carbocycles. The molecule has 3 aromatic rings. The van der Waals surface area contributed by atoms with Crippen molar-refractivity contribution in [3.05, 3.63) is 75.8 Å². The van der Waals surface area contributed by atoms with Crippen molar-refractivity contribution >= 4 is 34.6 Å². The smallest absolute Gasteiger partial charge is 0.268 e. The van der Waals surface area contributed by atoms with Crippen LogP contribution in [0.5, 0.6) is 0 Å². The third kappa shape index (κ3) is 4.99. The van der Waals surface area contributed by atoms with Gasteiger partial charge in [0.15, 0.2) is 5.78 Å². The van der Waals surface area contributed by atoms with E-state index >= 15 is 0 Å². The van der Waals surface area contributed by atoms with Crippen LogP contribution in [0.3, 0.4) is 0 Å². The first-order chi connectivity index (χ1) is 17.8. The molecule has 0 radical (unpaired) electrons. The van der Waals surface area contributed by atoms with Crippen LogP contribution in [-0.4, -0.2) is 62.5 Å². The predicted octanol–water partition coefficient (Wildman–Crippen LogP) is 2.14. The predicted molar refractivity (Wildman–Crippen MR) is 142 cm³/mol. The van der Waals surface area contributed by atoms with Gasteiger partial charge >= 0.3 is 0 Å². The van der Waals surface area contributed by atoms with Gasteiger partial charge in [0.05, 0.1) is 17.4 Å². The lowest BCUT2D eigenvalue weighted by molar-refractivity contribution is -0.135. The first-order valence-corrected chi connectivity index (χ1v) is 12.5. The maximum Gasteiger partial charge on any atom is 0.268 e. The number of Topliss-reactive ketones (excluding diaryl/α,β-unsaturated/α-hetero) is 1. The van der Waals surface area contributed by atoms with E-state index in [9.17, 15) is 19.2 Å². The van der Waals surface area contributed by atoms with Crippen LogP contribution in [0.4, 0.5) is 0 Å². The van der Waals surface area contributed by atoms with Crippen LogP contribution >= 0.6 is 0 Å². The number of carbonyl (C=O) groups excluding carboxylic acids is 3. The van der Waals surface area contributed by atoms with Crippen molar-refractivity contribution in [3.8, 4) is 0 Å². The number of aliphatic hydroxyl groups is 1. The molecule has 1 aliphatic heterocycles. The Bertz CT molecular complexity index is 1410. The molecule has 0 bridgehead atoms. The second kappa shape index (κ2) is 11.0. The Balaban J connectivity index is 1.68. The van der Waals surface area contributed by atoms with Crippen molar-refractivity contribution in [2.24, 2.45) is 7.05 Å². The number of likely N-dealkylation sites (tertiary alicyclic amines) is 1. The van der Waals surface area contributed by atoms with Crippen LogP contribution in [0.2, 0.25) is 0 Å². The summed E-state index contributed by atoms with van der Waals surface area (Å²) in [5, 5.41) is 12.5. The zero-order valence-corrected chi connectivity index (χ0v) is 21.2. The first-order valence-electron chi connectivity index (χ1n) is 12.5. The van der Waals surface area contributed by atoms with Crippen LogP contribution in [0.15, 0.2) is 47.8 Å². The number of piperidine rings is 1. The average Bonchev–Trinajstić information content (AvgIpc) is 3.21. The summed E-state index contributed by atoms with van der Waals surface area (Å²) in [5.74, 6) is -0.817. The van der Waals surface area contributed by atoms with Gasteiger partial charge in [0.25, 0.3) is 11.5 Å². The molecule has 1 aromatic carbocycles. The number of pyridine rings is 1. The van der Waals surface area contributed by atoms with E-state index in [0.717, 1.165) is 0 Å². The fourth-order valence-electron chi connectivity index (χ4n) is 5.05. The molecule has 9 nitrogen and oxygen atoms in total. The highest BCUT2D eigenvalue weighted by Crippen LogP contribution is 2.26. The van der Waals surface area contributed by atoms with Crippen LogP contribution in [-0.2, 0) is 24.8 Å². The van der Waals surface area contributed by atoms with Gasteiger partial charge in [-0.1, -0.05) is 49.9 Å². The lowest BCUT2D eigenvalue weighted by Gasteiger charge is -2.32. The van der Waals surface area contributed by atoms with E-state index < -0.39 is 6.61 Å². The molecule has 1 saturated heterocycles. The van der Waals surface area contributed by atoms with Gasteiger partial charge in [-0.15, -0.1) is 0 Å². The van der Waals surface area contributed by atoms with Gasteiger partial charge in [-0.05, 0) is 25.3 Å². The maximum absolute atomic E-state index is 13.7. The number of aliphatic hydroxyl groups excluding tert-OH is 1. The SMILES string of the molecule is C=Cc1c(C(=O)NC2CCN(C(=O)CO)CC2)n(C)c2cc(CC)n(CC(=O)c3ccccc3)c(=O)c12. The van der Waals surface area contributed by atoms with Crippen molar-refractivity contribution in [2.45, 2.75) is 38.8 Å². The van der Waals surface area contributed by atoms with Crippen molar-refractivity contribution in [2.75, 3.05) is 19.7 Å². The highest BCUT2D eigenvalue weighted by molar-refractivity contribution is 6.05. The fraction of sp³-hybridized carbons (Fsp3) is 0.357. The minimum Gasteiger partial charge on any atom is -0.387 e. The summed E-state index contributed by atoms with van der Waals surface area (Å²) in [6.07, 6.45) is 3.18. The van der Waals surface area contributed by atoms with Gasteiger partial charge in [-0.2, -0.15) is 0 Å². The minimum absolute atomic E-state index is 0.0971. The average molecular weight is 505 g/mol. The van der Waals surface area contributed by atoms with E-state index in [2.05, 4.69) is 11.9 Å². The number of hydrogen-bond acceptors (Lipinski definition) is 5. The Kier molecular flexibility index (Phi) is 7.73. The molecule has 9 heteroatoms. The molecule has 194 valence electrons. The van der Waals surface area contributed by atoms with Gasteiger partial charge in [0.2, 0.25) is 5.91 Å². The molecule has 37 heavy (non-hydrogen) atoms. The second-order valence-electron chi connectivity index (χ2n) is 9.24. The highest BCUT2D eigenvalue weighted by atomic mass is 16.3. The molecule has 3 heterocycles. The number of fused-ring (bicyclic) bond motifs is 1. The molecule has 0 spiro atoms. The number of aromatic nitrogens is 2. The zero-order chi connectivity index (χ0) is 26.7. The number of rotatable bonds is 8. The molecule has 1 aliphatic rings. The van der Waals surface area contributed by atoms with Gasteiger partial charge in [0, 0.05) is 43.0 Å². The number of nitrogens with one attached hydrogen (secondary N) is 1. The number of benzene rings is 1. The van der Waals surface area contributed by atoms with Gasteiger partial charge < -0.3 is 24.5 Å². The first kappa shape index (κ1) is 26.1. The molecule has 1 fully saturated rings. The number of nitrogens with zero attached hydrogens (tertiary/aromatic N) is 3. The standard InChI is InChI=1S/C28H32N4O5/c1-4-20-15-22-25(28(37)32(20)16-23(34)18-9-7-6-8-10-18)21(5-2)26(30(22)3)27(36)29-19-11-13-31(14-12-19)24(35)17-33/h5-10,15,19,33H,2,4,11-14,16-17H2,1,3H3,(H,29,36). The van der Waals surface area contributed by atoms with Gasteiger partial charge in [-0.3, -0.25) is 19.2 Å². The van der Waals surface area contributed by atoms with Crippen molar-refractivity contribution in [1.29, 1.82) is 0 Å². The normalized spacial score (nSPS) is 14.1. The van der Waals surface area contributed by atoms with Crippen LogP contribution in [0.25, 0.3) is 17.0 Å². The quantitative estimate of drug-likeness (QED) is 0.457. The van der Waals surface area contributed by atoms with E-state index in [1.165, 1.54) is 10.6 Å². The van der Waals surface area contributed by atoms with E-state index in [1.54, 1.807) is 40.8 Å². The Hall–Kier alpha value is -3.98. The topological polar surface area (TPSA) is 114 Å². The Morgan fingerprint density at radius 1 is 1.16 bits per heavy atom. The van der Waals surface area contributed by atoms with Gasteiger partial charge in [-0.25, -0.2) is 0 Å². The van der Waals surface area contributed by atoms with Crippen LogP contribution in [0.1, 0.15) is 51.9 Å². The molecule has 0 unspecified atom stereocenters. The number of aryl methyl sites for hydroxylation is 2. The van der Waals surface area contributed by atoms with Crippen LogP contribution < -0.4 is 10.9 Å². The Labute approximate surface area is 215 Å². The monoisotopic (exact) mass is 504 g/mol. The molecule has 2 amide bonds. The fourth-order valence-corrected chi connectivity index (χ4v) is 5.05. The summed E-state index contributed by atoms with van der Waals surface area (Å²) in [6, 6.07) is 10.6. The third-order valence-corrected chi connectivity index (χ3v) is 7.08. The molecule has 2 N–H and O–H groups in total. The van der Waals surface area contributed by atoms with E-state index in [0.29, 0.717) is 65.8 Å². The van der Waals surface area contributed by atoms with E-state index in [4.69, 9.17) is 5.11 Å². The minimum atomic E-state index is -0.524.